The van der Waals surface area contributed by atoms with Crippen LogP contribution in [0.25, 0.3) is 5.65 Å². The predicted octanol–water partition coefficient (Wildman–Crippen LogP) is 2.03. The topological polar surface area (TPSA) is 30.2 Å². The van der Waals surface area contributed by atoms with Gasteiger partial charge in [-0.25, -0.2) is 0 Å². The zero-order valence-electron chi connectivity index (χ0n) is 8.15. The van der Waals surface area contributed by atoms with Crippen molar-refractivity contribution in [3.63, 3.8) is 0 Å². The smallest absolute Gasteiger partial charge is 0.160 e. The summed E-state index contributed by atoms with van der Waals surface area (Å²) in [5.41, 5.74) is 2.27. The molecule has 0 radical (unpaired) electrons. The number of pyridine rings is 1. The quantitative estimate of drug-likeness (QED) is 0.613. The van der Waals surface area contributed by atoms with Gasteiger partial charge in [0.25, 0.3) is 0 Å². The Hall–Kier alpha value is -1.38. The molecule has 3 nitrogen and oxygen atoms in total. The molecule has 0 spiro atoms. The monoisotopic (exact) mass is 175 g/mol. The fraction of sp³-hybridized carbons (Fsp3) is 0.400. The molecule has 2 rings (SSSR count). The molecule has 0 aliphatic heterocycles. The Labute approximate surface area is 77.4 Å². The van der Waals surface area contributed by atoms with E-state index in [0.29, 0.717) is 0 Å². The Morgan fingerprint density at radius 3 is 2.69 bits per heavy atom. The van der Waals surface area contributed by atoms with Gasteiger partial charge in [0.1, 0.15) is 6.33 Å². The largest absolute Gasteiger partial charge is 0.285 e. The van der Waals surface area contributed by atoms with E-state index in [4.69, 9.17) is 0 Å². The van der Waals surface area contributed by atoms with E-state index >= 15 is 0 Å². The fourth-order valence-electron chi connectivity index (χ4n) is 1.46. The van der Waals surface area contributed by atoms with Gasteiger partial charge < -0.3 is 0 Å². The maximum Gasteiger partial charge on any atom is 0.160 e. The van der Waals surface area contributed by atoms with Crippen molar-refractivity contribution in [2.24, 2.45) is 0 Å². The lowest BCUT2D eigenvalue weighted by Crippen LogP contribution is -2.15. The van der Waals surface area contributed by atoms with Gasteiger partial charge in [-0.3, -0.25) is 4.40 Å². The number of aromatic nitrogens is 3. The second-order valence-corrected chi connectivity index (χ2v) is 4.22. The van der Waals surface area contributed by atoms with Gasteiger partial charge >= 0.3 is 0 Å². The molecule has 0 unspecified atom stereocenters. The Kier molecular flexibility index (Phi) is 1.62. The first-order valence-electron chi connectivity index (χ1n) is 4.38. The van der Waals surface area contributed by atoms with Crippen LogP contribution in [0.5, 0.6) is 0 Å². The zero-order valence-corrected chi connectivity index (χ0v) is 8.15. The summed E-state index contributed by atoms with van der Waals surface area (Å²) in [6.07, 6.45) is 1.76. The second kappa shape index (κ2) is 2.55. The summed E-state index contributed by atoms with van der Waals surface area (Å²) in [5.74, 6) is 0. The lowest BCUT2D eigenvalue weighted by Gasteiger charge is -2.19. The Bertz CT molecular complexity index is 423. The van der Waals surface area contributed by atoms with E-state index in [1.54, 1.807) is 6.33 Å². The van der Waals surface area contributed by atoms with Crippen molar-refractivity contribution in [2.75, 3.05) is 0 Å². The Morgan fingerprint density at radius 2 is 2.00 bits per heavy atom. The van der Waals surface area contributed by atoms with Crippen molar-refractivity contribution in [1.82, 2.24) is 14.6 Å². The van der Waals surface area contributed by atoms with Gasteiger partial charge in [-0.05, 0) is 12.1 Å². The third-order valence-electron chi connectivity index (χ3n) is 2.10. The van der Waals surface area contributed by atoms with Crippen molar-refractivity contribution in [1.29, 1.82) is 0 Å². The van der Waals surface area contributed by atoms with Crippen molar-refractivity contribution < 1.29 is 0 Å². The molecule has 2 heterocycles. The Morgan fingerprint density at radius 1 is 1.23 bits per heavy atom. The maximum absolute atomic E-state index is 4.01. The predicted molar refractivity (Wildman–Crippen MR) is 51.7 cm³/mol. The molecule has 0 amide bonds. The molecule has 0 aliphatic carbocycles. The average molecular weight is 175 g/mol. The minimum atomic E-state index is 0.127. The van der Waals surface area contributed by atoms with Crippen molar-refractivity contribution in [2.45, 2.75) is 26.2 Å². The first-order chi connectivity index (χ1) is 6.09. The van der Waals surface area contributed by atoms with E-state index in [1.165, 1.54) is 5.69 Å². The summed E-state index contributed by atoms with van der Waals surface area (Å²) >= 11 is 0. The van der Waals surface area contributed by atoms with Crippen LogP contribution >= 0.6 is 0 Å². The molecule has 0 aromatic carbocycles. The summed E-state index contributed by atoms with van der Waals surface area (Å²) < 4.78 is 2.03. The van der Waals surface area contributed by atoms with Crippen LogP contribution in [0.3, 0.4) is 0 Å². The number of rotatable bonds is 0. The third kappa shape index (κ3) is 1.30. The zero-order chi connectivity index (χ0) is 9.47. The molecule has 13 heavy (non-hydrogen) atoms. The van der Waals surface area contributed by atoms with Gasteiger partial charge in [0.15, 0.2) is 5.65 Å². The minimum absolute atomic E-state index is 0.127. The molecule has 0 saturated carbocycles. The first kappa shape index (κ1) is 8.23. The second-order valence-electron chi connectivity index (χ2n) is 4.22. The van der Waals surface area contributed by atoms with E-state index in [1.807, 2.05) is 16.5 Å². The number of nitrogens with zero attached hydrogens (tertiary/aromatic N) is 3. The van der Waals surface area contributed by atoms with E-state index in [0.717, 1.165) is 5.65 Å². The molecule has 0 bridgehead atoms. The highest BCUT2D eigenvalue weighted by Crippen LogP contribution is 2.21. The molecule has 3 heteroatoms. The SMILES string of the molecule is CC(C)(C)c1cccc2nncn12. The number of hydrogen-bond donors (Lipinski definition) is 0. The Balaban J connectivity index is 2.75. The molecule has 0 fully saturated rings. The van der Waals surface area contributed by atoms with Gasteiger partial charge in [0.05, 0.1) is 0 Å². The molecule has 0 aliphatic rings. The van der Waals surface area contributed by atoms with Crippen LogP contribution in [0.15, 0.2) is 24.5 Å². The van der Waals surface area contributed by atoms with Crippen LogP contribution in [0.4, 0.5) is 0 Å². The lowest BCUT2D eigenvalue weighted by atomic mass is 9.91. The highest BCUT2D eigenvalue weighted by Gasteiger charge is 2.16. The molecule has 2 aromatic rings. The van der Waals surface area contributed by atoms with Crippen LogP contribution in [-0.2, 0) is 5.41 Å². The molecule has 2 aromatic heterocycles. The van der Waals surface area contributed by atoms with Gasteiger partial charge in [-0.1, -0.05) is 26.8 Å². The van der Waals surface area contributed by atoms with Crippen LogP contribution in [0, 0.1) is 0 Å². The number of fused-ring (bicyclic) bond motifs is 1. The molecule has 68 valence electrons. The van der Waals surface area contributed by atoms with Crippen LogP contribution in [0.1, 0.15) is 26.5 Å². The third-order valence-corrected chi connectivity index (χ3v) is 2.10. The summed E-state index contributed by atoms with van der Waals surface area (Å²) in [6.45, 7) is 6.55. The van der Waals surface area contributed by atoms with Crippen molar-refractivity contribution in [3.05, 3.63) is 30.2 Å². The highest BCUT2D eigenvalue weighted by atomic mass is 15.2. The van der Waals surface area contributed by atoms with Crippen LogP contribution in [-0.4, -0.2) is 14.6 Å². The highest BCUT2D eigenvalue weighted by molar-refractivity contribution is 5.39. The maximum atomic E-state index is 4.01. The molecule has 0 saturated heterocycles. The van der Waals surface area contributed by atoms with Gasteiger partial charge in [-0.15, -0.1) is 10.2 Å². The van der Waals surface area contributed by atoms with Crippen LogP contribution in [0.2, 0.25) is 0 Å². The molecule has 0 N–H and O–H groups in total. The summed E-state index contributed by atoms with van der Waals surface area (Å²) in [5, 5.41) is 7.89. The average Bonchev–Trinajstić information content (AvgIpc) is 2.48. The van der Waals surface area contributed by atoms with Crippen molar-refractivity contribution in [3.8, 4) is 0 Å². The summed E-state index contributed by atoms with van der Waals surface area (Å²) in [6, 6.07) is 6.09. The summed E-state index contributed by atoms with van der Waals surface area (Å²) in [7, 11) is 0. The van der Waals surface area contributed by atoms with Gasteiger partial charge in [0.2, 0.25) is 0 Å². The standard InChI is InChI=1S/C10H13N3/c1-10(2,3)8-5-4-6-9-12-11-7-13(8)9/h4-7H,1-3H3. The molecular weight excluding hydrogens is 162 g/mol. The first-order valence-corrected chi connectivity index (χ1v) is 4.38. The van der Waals surface area contributed by atoms with E-state index in [-0.39, 0.29) is 5.41 Å². The van der Waals surface area contributed by atoms with Gasteiger partial charge in [0, 0.05) is 11.1 Å². The van der Waals surface area contributed by atoms with E-state index < -0.39 is 0 Å². The van der Waals surface area contributed by atoms with Crippen LogP contribution < -0.4 is 0 Å². The normalized spacial score (nSPS) is 12.2. The fourth-order valence-corrected chi connectivity index (χ4v) is 1.46. The van der Waals surface area contributed by atoms with E-state index in [2.05, 4.69) is 37.0 Å². The van der Waals surface area contributed by atoms with Gasteiger partial charge in [-0.2, -0.15) is 0 Å². The lowest BCUT2D eigenvalue weighted by molar-refractivity contribution is 0.560. The summed E-state index contributed by atoms with van der Waals surface area (Å²) in [4.78, 5) is 0. The van der Waals surface area contributed by atoms with E-state index in [9.17, 15) is 0 Å². The molecular formula is C10H13N3. The minimum Gasteiger partial charge on any atom is -0.285 e. The van der Waals surface area contributed by atoms with Crippen molar-refractivity contribution >= 4 is 5.65 Å². The molecule has 0 atom stereocenters. The number of hydrogen-bond acceptors (Lipinski definition) is 2.